The number of aryl methyl sites for hydroxylation is 1. The van der Waals surface area contributed by atoms with E-state index in [1.165, 1.54) is 0 Å². The van der Waals surface area contributed by atoms with Gasteiger partial charge in [0.15, 0.2) is 30.5 Å². The Kier molecular flexibility index (Phi) is 6.95. The van der Waals surface area contributed by atoms with E-state index in [9.17, 15) is 22.8 Å². The summed E-state index contributed by atoms with van der Waals surface area (Å²) in [5.41, 5.74) is 1.35. The van der Waals surface area contributed by atoms with Gasteiger partial charge in [0.1, 0.15) is 0 Å². The van der Waals surface area contributed by atoms with Gasteiger partial charge in [-0.1, -0.05) is 19.1 Å². The largest absolute Gasteiger partial charge is 0.322 e. The third kappa shape index (κ3) is 5.82. The number of amides is 2. The molecule has 0 aliphatic carbocycles. The molecule has 2 aromatic rings. The molecule has 0 heterocycles. The van der Waals surface area contributed by atoms with Gasteiger partial charge >= 0.3 is 0 Å². The molecular weight excluding hydrogens is 359 g/mol. The van der Waals surface area contributed by atoms with Crippen LogP contribution in [0.25, 0.3) is 0 Å². The summed E-state index contributed by atoms with van der Waals surface area (Å²) >= 11 is 0. The maximum atomic E-state index is 13.6. The number of likely N-dealkylation sites (N-methyl/N-ethyl adjacent to an activating group) is 1. The molecule has 8 heteroatoms. The summed E-state index contributed by atoms with van der Waals surface area (Å²) in [7, 11) is 1.61. The summed E-state index contributed by atoms with van der Waals surface area (Å²) in [5, 5.41) is 4.90. The van der Waals surface area contributed by atoms with Gasteiger partial charge < -0.3 is 15.5 Å². The van der Waals surface area contributed by atoms with Crippen molar-refractivity contribution < 1.29 is 27.7 Å². The number of rotatable bonds is 7. The molecule has 0 radical (unpaired) electrons. The van der Waals surface area contributed by atoms with Crippen LogP contribution < -0.4 is 15.5 Å². The first kappa shape index (κ1) is 20.4. The molecule has 0 saturated carbocycles. The Morgan fingerprint density at radius 2 is 1.48 bits per heavy atom. The van der Waals surface area contributed by atoms with Crippen molar-refractivity contribution in [2.45, 2.75) is 13.3 Å². The van der Waals surface area contributed by atoms with Crippen molar-refractivity contribution in [3.05, 3.63) is 59.4 Å². The van der Waals surface area contributed by atoms with Crippen molar-refractivity contribution in [2.75, 3.05) is 30.8 Å². The van der Waals surface area contributed by atoms with Crippen LogP contribution in [0.3, 0.4) is 0 Å². The van der Waals surface area contributed by atoms with Crippen LogP contribution >= 0.6 is 0 Å². The lowest BCUT2D eigenvalue weighted by molar-refractivity contribution is -0.862. The molecular formula is C19H21F3N3O2+. The summed E-state index contributed by atoms with van der Waals surface area (Å²) in [4.78, 5) is 24.5. The van der Waals surface area contributed by atoms with Crippen LogP contribution in [-0.4, -0.2) is 32.0 Å². The van der Waals surface area contributed by atoms with Gasteiger partial charge in [0.25, 0.3) is 11.8 Å². The standard InChI is InChI=1S/C19H20F3N3O2/c1-3-12-4-6-13(7-5-12)23-16(26)10-25(2)11-17(27)24-15-9-8-14(20)18(21)19(15)22/h4-9H,3,10-11H2,1-2H3,(H,23,26)(H,24,27)/p+1. The second-order valence-electron chi connectivity index (χ2n) is 6.18. The van der Waals surface area contributed by atoms with Crippen molar-refractivity contribution in [3.8, 4) is 0 Å². The van der Waals surface area contributed by atoms with Crippen molar-refractivity contribution in [3.63, 3.8) is 0 Å². The molecule has 2 aromatic carbocycles. The maximum absolute atomic E-state index is 13.6. The lowest BCUT2D eigenvalue weighted by Crippen LogP contribution is -3.11. The molecule has 1 unspecified atom stereocenters. The Hall–Kier alpha value is -2.87. The highest BCUT2D eigenvalue weighted by Gasteiger charge is 2.18. The van der Waals surface area contributed by atoms with Crippen LogP contribution in [0.2, 0.25) is 0 Å². The highest BCUT2D eigenvalue weighted by molar-refractivity contribution is 5.93. The van der Waals surface area contributed by atoms with E-state index in [4.69, 9.17) is 0 Å². The van der Waals surface area contributed by atoms with Gasteiger partial charge in [-0.25, -0.2) is 13.2 Å². The lowest BCUT2D eigenvalue weighted by Gasteiger charge is -2.14. The Morgan fingerprint density at radius 1 is 0.889 bits per heavy atom. The minimum Gasteiger partial charge on any atom is -0.322 e. The molecule has 0 saturated heterocycles. The molecule has 3 N–H and O–H groups in total. The molecule has 2 rings (SSSR count). The molecule has 0 aromatic heterocycles. The van der Waals surface area contributed by atoms with Crippen LogP contribution in [0.1, 0.15) is 12.5 Å². The van der Waals surface area contributed by atoms with Crippen LogP contribution in [0, 0.1) is 17.5 Å². The number of hydrogen-bond donors (Lipinski definition) is 3. The van der Waals surface area contributed by atoms with E-state index in [0.29, 0.717) is 10.6 Å². The second kappa shape index (κ2) is 9.18. The minimum atomic E-state index is -1.65. The topological polar surface area (TPSA) is 62.6 Å². The van der Waals surface area contributed by atoms with E-state index in [-0.39, 0.29) is 19.0 Å². The minimum absolute atomic E-state index is 0.00318. The smallest absolute Gasteiger partial charge is 0.279 e. The fourth-order valence-corrected chi connectivity index (χ4v) is 2.46. The first-order chi connectivity index (χ1) is 12.8. The number of quaternary nitrogens is 1. The Labute approximate surface area is 155 Å². The fourth-order valence-electron chi connectivity index (χ4n) is 2.46. The molecule has 0 spiro atoms. The van der Waals surface area contributed by atoms with Gasteiger partial charge in [-0.15, -0.1) is 0 Å². The summed E-state index contributed by atoms with van der Waals surface area (Å²) in [6, 6.07) is 9.08. The molecule has 0 bridgehead atoms. The number of carbonyl (C=O) groups is 2. The van der Waals surface area contributed by atoms with Gasteiger partial charge in [0.2, 0.25) is 0 Å². The van der Waals surface area contributed by atoms with E-state index in [2.05, 4.69) is 10.6 Å². The monoisotopic (exact) mass is 380 g/mol. The summed E-state index contributed by atoms with van der Waals surface area (Å²) in [6.45, 7) is 1.88. The van der Waals surface area contributed by atoms with Gasteiger partial charge in [-0.05, 0) is 36.2 Å². The zero-order valence-electron chi connectivity index (χ0n) is 15.0. The van der Waals surface area contributed by atoms with Crippen molar-refractivity contribution >= 4 is 23.2 Å². The predicted molar refractivity (Wildman–Crippen MR) is 96.0 cm³/mol. The Balaban J connectivity index is 1.85. The highest BCUT2D eigenvalue weighted by atomic mass is 19.2. The molecule has 0 aliphatic heterocycles. The molecule has 2 amide bonds. The van der Waals surface area contributed by atoms with E-state index < -0.39 is 29.0 Å². The second-order valence-corrected chi connectivity index (χ2v) is 6.18. The van der Waals surface area contributed by atoms with Gasteiger partial charge in [0.05, 0.1) is 12.7 Å². The highest BCUT2D eigenvalue weighted by Crippen LogP contribution is 2.19. The molecule has 144 valence electrons. The predicted octanol–water partition coefficient (Wildman–Crippen LogP) is 1.76. The van der Waals surface area contributed by atoms with Crippen LogP contribution in [0.5, 0.6) is 0 Å². The average Bonchev–Trinajstić information content (AvgIpc) is 2.62. The maximum Gasteiger partial charge on any atom is 0.279 e. The van der Waals surface area contributed by atoms with E-state index in [1.54, 1.807) is 19.2 Å². The van der Waals surface area contributed by atoms with Crippen LogP contribution in [0.15, 0.2) is 36.4 Å². The summed E-state index contributed by atoms with van der Waals surface area (Å²) < 4.78 is 39.6. The third-order valence-corrected chi connectivity index (χ3v) is 3.88. The summed E-state index contributed by atoms with van der Waals surface area (Å²) in [6.07, 6.45) is 0.898. The van der Waals surface area contributed by atoms with Crippen molar-refractivity contribution in [2.24, 2.45) is 0 Å². The van der Waals surface area contributed by atoms with Gasteiger partial charge in [-0.3, -0.25) is 9.59 Å². The van der Waals surface area contributed by atoms with Crippen LogP contribution in [-0.2, 0) is 16.0 Å². The molecule has 0 fully saturated rings. The number of benzene rings is 2. The normalized spacial score (nSPS) is 11.7. The molecule has 0 aliphatic rings. The lowest BCUT2D eigenvalue weighted by atomic mass is 10.1. The number of nitrogens with one attached hydrogen (secondary N) is 3. The van der Waals surface area contributed by atoms with E-state index in [0.717, 1.165) is 24.1 Å². The number of halogens is 3. The molecule has 1 atom stereocenters. The molecule has 5 nitrogen and oxygen atoms in total. The summed E-state index contributed by atoms with van der Waals surface area (Å²) in [5.74, 6) is -5.37. The Morgan fingerprint density at radius 3 is 2.07 bits per heavy atom. The quantitative estimate of drug-likeness (QED) is 0.641. The fraction of sp³-hybridized carbons (Fsp3) is 0.263. The zero-order chi connectivity index (χ0) is 20.0. The number of anilines is 2. The van der Waals surface area contributed by atoms with Crippen LogP contribution in [0.4, 0.5) is 24.5 Å². The third-order valence-electron chi connectivity index (χ3n) is 3.88. The van der Waals surface area contributed by atoms with Crippen molar-refractivity contribution in [1.29, 1.82) is 0 Å². The van der Waals surface area contributed by atoms with E-state index >= 15 is 0 Å². The van der Waals surface area contributed by atoms with Crippen molar-refractivity contribution in [1.82, 2.24) is 0 Å². The average molecular weight is 380 g/mol. The molecule has 27 heavy (non-hydrogen) atoms. The first-order valence-electron chi connectivity index (χ1n) is 8.43. The van der Waals surface area contributed by atoms with E-state index in [1.807, 2.05) is 19.1 Å². The van der Waals surface area contributed by atoms with Gasteiger partial charge in [0, 0.05) is 5.69 Å². The van der Waals surface area contributed by atoms with Gasteiger partial charge in [-0.2, -0.15) is 0 Å². The SMILES string of the molecule is CCc1ccc(NC(=O)C[NH+](C)CC(=O)Nc2ccc(F)c(F)c2F)cc1. The Bertz CT molecular complexity index is 826. The number of hydrogen-bond acceptors (Lipinski definition) is 2. The zero-order valence-corrected chi connectivity index (χ0v) is 15.0. The first-order valence-corrected chi connectivity index (χ1v) is 8.43. The number of carbonyl (C=O) groups excluding carboxylic acids is 2.